The molecule has 7 rings (SSSR count). The van der Waals surface area contributed by atoms with Crippen molar-refractivity contribution in [3.8, 4) is 11.5 Å². The maximum absolute atomic E-state index is 13.0. The summed E-state index contributed by atoms with van der Waals surface area (Å²) in [7, 11) is 0. The lowest BCUT2D eigenvalue weighted by atomic mass is 10.0. The van der Waals surface area contributed by atoms with Gasteiger partial charge in [0.25, 0.3) is 0 Å². The third kappa shape index (κ3) is 5.68. The summed E-state index contributed by atoms with van der Waals surface area (Å²) in [6, 6.07) is 10.1. The number of benzene rings is 1. The van der Waals surface area contributed by atoms with E-state index in [1.165, 1.54) is 11.9 Å². The third-order valence-electron chi connectivity index (χ3n) is 7.97. The van der Waals surface area contributed by atoms with Crippen molar-refractivity contribution in [1.82, 2.24) is 34.4 Å². The molecule has 0 radical (unpaired) electrons. The van der Waals surface area contributed by atoms with Gasteiger partial charge < -0.3 is 19.7 Å². The molecule has 1 fully saturated rings. The summed E-state index contributed by atoms with van der Waals surface area (Å²) in [6.45, 7) is 8.55. The molecule has 0 aliphatic carbocycles. The number of nitrogens with one attached hydrogen (secondary N) is 1. The second-order valence-electron chi connectivity index (χ2n) is 10.9. The van der Waals surface area contributed by atoms with Gasteiger partial charge in [0.15, 0.2) is 5.65 Å². The van der Waals surface area contributed by atoms with Gasteiger partial charge in [-0.25, -0.2) is 19.5 Å². The highest BCUT2D eigenvalue weighted by Gasteiger charge is 2.26. The van der Waals surface area contributed by atoms with Crippen LogP contribution in [0.25, 0.3) is 15.9 Å². The fourth-order valence-electron chi connectivity index (χ4n) is 5.60. The molecule has 1 saturated heterocycles. The number of hydrogen-bond donors (Lipinski definition) is 1. The van der Waals surface area contributed by atoms with Crippen LogP contribution in [0.1, 0.15) is 22.9 Å². The SMILES string of the molecule is Cc1cc(Nc2ncnc3sc4c(c23)CCN(C(=O)/C=C/CN2CCOC[C@@H]2C)C4)ccc1Oc1ccc2ncnn2c1. The number of thiophene rings is 1. The van der Waals surface area contributed by atoms with Crippen molar-refractivity contribution in [2.75, 3.05) is 38.2 Å². The lowest BCUT2D eigenvalue weighted by molar-refractivity contribution is -0.126. The largest absolute Gasteiger partial charge is 0.455 e. The number of carbonyl (C=O) groups excluding carboxylic acids is 1. The molecule has 12 heteroatoms. The number of morpholine rings is 1. The van der Waals surface area contributed by atoms with Crippen LogP contribution < -0.4 is 10.1 Å². The van der Waals surface area contributed by atoms with E-state index in [0.717, 1.165) is 76.3 Å². The van der Waals surface area contributed by atoms with Gasteiger partial charge in [0.05, 0.1) is 31.3 Å². The molecule has 0 spiro atoms. The predicted molar refractivity (Wildman–Crippen MR) is 165 cm³/mol. The van der Waals surface area contributed by atoms with Crippen LogP contribution in [0.2, 0.25) is 0 Å². The van der Waals surface area contributed by atoms with Crippen molar-refractivity contribution < 1.29 is 14.3 Å². The third-order valence-corrected chi connectivity index (χ3v) is 9.09. The lowest BCUT2D eigenvalue weighted by Crippen LogP contribution is -2.43. The number of hydrogen-bond acceptors (Lipinski definition) is 10. The maximum atomic E-state index is 13.0. The first-order valence-electron chi connectivity index (χ1n) is 14.4. The molecule has 5 aromatic rings. The average molecular weight is 597 g/mol. The minimum absolute atomic E-state index is 0.0486. The molecule has 0 bridgehead atoms. The van der Waals surface area contributed by atoms with Crippen LogP contribution in [0.5, 0.6) is 11.5 Å². The standard InChI is InChI=1S/C31H32N8O3S/c1-20-14-22(5-7-25(20)42-23-6-8-27-32-19-35-39(27)15-23)36-30-29-24-9-11-38(16-26(24)43-31(29)34-18-33-30)28(40)4-3-10-37-12-13-41-17-21(37)2/h3-8,14-15,18-19,21H,9-13,16-17H2,1-2H3,(H,33,34,36)/b4-3+/t21-/m0/s1. The zero-order valence-corrected chi connectivity index (χ0v) is 24.9. The summed E-state index contributed by atoms with van der Waals surface area (Å²) in [4.78, 5) is 32.7. The summed E-state index contributed by atoms with van der Waals surface area (Å²) in [6.07, 6.45) is 9.38. The molecule has 11 nitrogen and oxygen atoms in total. The van der Waals surface area contributed by atoms with Gasteiger partial charge in [-0.15, -0.1) is 11.3 Å². The number of ether oxygens (including phenoxy) is 2. The first-order chi connectivity index (χ1) is 21.0. The fraction of sp³-hybridized carbons (Fsp3) is 0.323. The number of carbonyl (C=O) groups is 1. The Morgan fingerprint density at radius 2 is 2.12 bits per heavy atom. The van der Waals surface area contributed by atoms with Crippen LogP contribution in [0.3, 0.4) is 0 Å². The van der Waals surface area contributed by atoms with Crippen molar-refractivity contribution in [2.45, 2.75) is 32.9 Å². The molecule has 220 valence electrons. The highest BCUT2D eigenvalue weighted by Crippen LogP contribution is 2.38. The Kier molecular flexibility index (Phi) is 7.47. The van der Waals surface area contributed by atoms with Crippen LogP contribution in [0.4, 0.5) is 11.5 Å². The lowest BCUT2D eigenvalue weighted by Gasteiger charge is -2.32. The first kappa shape index (κ1) is 27.4. The van der Waals surface area contributed by atoms with Crippen molar-refractivity contribution in [3.05, 3.63) is 77.3 Å². The Balaban J connectivity index is 1.04. The van der Waals surface area contributed by atoms with Gasteiger partial charge >= 0.3 is 0 Å². The van der Waals surface area contributed by atoms with E-state index in [9.17, 15) is 4.79 Å². The average Bonchev–Trinajstić information content (AvgIpc) is 3.63. The molecule has 0 unspecified atom stereocenters. The molecule has 4 aromatic heterocycles. The molecule has 1 N–H and O–H groups in total. The van der Waals surface area contributed by atoms with Crippen molar-refractivity contribution in [3.63, 3.8) is 0 Å². The van der Waals surface area contributed by atoms with Gasteiger partial charge in [-0.05, 0) is 61.7 Å². The number of rotatable bonds is 7. The van der Waals surface area contributed by atoms with E-state index >= 15 is 0 Å². The summed E-state index contributed by atoms with van der Waals surface area (Å²) >= 11 is 1.64. The Morgan fingerprint density at radius 3 is 3.00 bits per heavy atom. The molecule has 1 aromatic carbocycles. The Labute approximate surface area is 252 Å². The molecule has 1 amide bonds. The number of anilines is 2. The summed E-state index contributed by atoms with van der Waals surface area (Å²) in [5.74, 6) is 2.25. The zero-order chi connectivity index (χ0) is 29.3. The summed E-state index contributed by atoms with van der Waals surface area (Å²) in [5.41, 5.74) is 3.87. The molecule has 2 aliphatic heterocycles. The van der Waals surface area contributed by atoms with E-state index in [-0.39, 0.29) is 5.91 Å². The monoisotopic (exact) mass is 596 g/mol. The second-order valence-corrected chi connectivity index (χ2v) is 12.0. The van der Waals surface area contributed by atoms with Gasteiger partial charge in [-0.2, -0.15) is 5.10 Å². The normalized spacial score (nSPS) is 17.5. The van der Waals surface area contributed by atoms with Gasteiger partial charge in [-0.1, -0.05) is 6.08 Å². The highest BCUT2D eigenvalue weighted by molar-refractivity contribution is 7.19. The van der Waals surface area contributed by atoms with Crippen LogP contribution in [0.15, 0.2) is 61.3 Å². The van der Waals surface area contributed by atoms with Gasteiger partial charge in [0.2, 0.25) is 5.91 Å². The van der Waals surface area contributed by atoms with Crippen LogP contribution in [-0.4, -0.2) is 79.2 Å². The Bertz CT molecular complexity index is 1830. The topological polar surface area (TPSA) is 110 Å². The van der Waals surface area contributed by atoms with Crippen molar-refractivity contribution in [2.24, 2.45) is 0 Å². The molecule has 43 heavy (non-hydrogen) atoms. The first-order valence-corrected chi connectivity index (χ1v) is 15.2. The molecule has 0 saturated carbocycles. The number of aryl methyl sites for hydroxylation is 1. The van der Waals surface area contributed by atoms with Gasteiger partial charge in [0.1, 0.15) is 34.8 Å². The Morgan fingerprint density at radius 1 is 1.19 bits per heavy atom. The number of amides is 1. The molecular formula is C31H32N8O3S. The van der Waals surface area contributed by atoms with E-state index in [0.29, 0.717) is 24.9 Å². The molecule has 1 atom stereocenters. The molecular weight excluding hydrogens is 564 g/mol. The van der Waals surface area contributed by atoms with Gasteiger partial charge in [-0.3, -0.25) is 9.69 Å². The summed E-state index contributed by atoms with van der Waals surface area (Å²) < 4.78 is 13.3. The zero-order valence-electron chi connectivity index (χ0n) is 24.1. The fourth-order valence-corrected chi connectivity index (χ4v) is 6.80. The van der Waals surface area contributed by atoms with Crippen molar-refractivity contribution >= 4 is 44.6 Å². The number of fused-ring (bicyclic) bond motifs is 4. The van der Waals surface area contributed by atoms with E-state index < -0.39 is 0 Å². The minimum atomic E-state index is 0.0486. The highest BCUT2D eigenvalue weighted by atomic mass is 32.1. The smallest absolute Gasteiger partial charge is 0.246 e. The van der Waals surface area contributed by atoms with Crippen molar-refractivity contribution in [1.29, 1.82) is 0 Å². The van der Waals surface area contributed by atoms with E-state index in [4.69, 9.17) is 9.47 Å². The summed E-state index contributed by atoms with van der Waals surface area (Å²) in [5, 5.41) is 8.71. The maximum Gasteiger partial charge on any atom is 0.246 e. The number of aromatic nitrogens is 5. The molecule has 6 heterocycles. The van der Waals surface area contributed by atoms with E-state index in [2.05, 4.69) is 37.2 Å². The number of nitrogens with zero attached hydrogens (tertiary/aromatic N) is 7. The van der Waals surface area contributed by atoms with Crippen LogP contribution >= 0.6 is 11.3 Å². The van der Waals surface area contributed by atoms with Gasteiger partial charge in [0, 0.05) is 42.3 Å². The minimum Gasteiger partial charge on any atom is -0.455 e. The van der Waals surface area contributed by atoms with E-state index in [1.54, 1.807) is 28.3 Å². The molecule has 2 aliphatic rings. The predicted octanol–water partition coefficient (Wildman–Crippen LogP) is 4.74. The van der Waals surface area contributed by atoms with Crippen LogP contribution in [0, 0.1) is 6.92 Å². The number of pyridine rings is 1. The quantitative estimate of drug-likeness (QED) is 0.267. The Hall–Kier alpha value is -4.39. The van der Waals surface area contributed by atoms with Crippen LogP contribution in [-0.2, 0) is 22.5 Å². The van der Waals surface area contributed by atoms with E-state index in [1.807, 2.05) is 54.4 Å². The second kappa shape index (κ2) is 11.7.